The summed E-state index contributed by atoms with van der Waals surface area (Å²) >= 11 is 0. The Labute approximate surface area is 537 Å². The highest BCUT2D eigenvalue weighted by Gasteiger charge is 2.30. The highest BCUT2D eigenvalue weighted by molar-refractivity contribution is 7.47. The zero-order chi connectivity index (χ0) is 65.0. The van der Waals surface area contributed by atoms with E-state index < -0.39 is 97.5 Å². The largest absolute Gasteiger partial charge is 0.472 e. The number of carbonyl (C=O) groups is 4. The lowest BCUT2D eigenvalue weighted by molar-refractivity contribution is -0.161. The molecule has 522 valence electrons. The Kier molecular flexibility index (Phi) is 59.9. The summed E-state index contributed by atoms with van der Waals surface area (Å²) in [6.45, 7) is 9.56. The Hall–Kier alpha value is -1.94. The minimum Gasteiger partial charge on any atom is -0.462 e. The molecule has 0 saturated heterocycles. The van der Waals surface area contributed by atoms with Gasteiger partial charge in [-0.25, -0.2) is 9.13 Å². The van der Waals surface area contributed by atoms with Crippen LogP contribution in [0.1, 0.15) is 350 Å². The molecular weight excluding hydrogens is 1160 g/mol. The van der Waals surface area contributed by atoms with Crippen LogP contribution in [-0.2, 0) is 65.4 Å². The van der Waals surface area contributed by atoms with Crippen LogP contribution in [-0.4, -0.2) is 96.7 Å². The van der Waals surface area contributed by atoms with Crippen LogP contribution in [0.4, 0.5) is 0 Å². The van der Waals surface area contributed by atoms with Gasteiger partial charge in [-0.05, 0) is 37.5 Å². The van der Waals surface area contributed by atoms with E-state index in [1.807, 2.05) is 0 Å². The first kappa shape index (κ1) is 86.1. The Morgan fingerprint density at radius 3 is 0.807 bits per heavy atom. The number of hydrogen-bond donors (Lipinski definition) is 3. The zero-order valence-electron chi connectivity index (χ0n) is 57.0. The number of aliphatic hydroxyl groups is 1. The van der Waals surface area contributed by atoms with Crippen molar-refractivity contribution >= 4 is 39.5 Å². The van der Waals surface area contributed by atoms with E-state index in [0.717, 1.165) is 102 Å². The van der Waals surface area contributed by atoms with Crippen molar-refractivity contribution in [3.05, 3.63) is 0 Å². The third-order valence-electron chi connectivity index (χ3n) is 16.7. The predicted octanol–water partition coefficient (Wildman–Crippen LogP) is 19.6. The minimum absolute atomic E-state index is 0.106. The maximum atomic E-state index is 13.0. The summed E-state index contributed by atoms with van der Waals surface area (Å²) in [6, 6.07) is 0. The van der Waals surface area contributed by atoms with Crippen molar-refractivity contribution in [2.24, 2.45) is 11.8 Å². The van der Waals surface area contributed by atoms with E-state index in [2.05, 4.69) is 41.5 Å². The second-order valence-corrected chi connectivity index (χ2v) is 28.3. The molecule has 0 spiro atoms. The van der Waals surface area contributed by atoms with E-state index in [1.165, 1.54) is 167 Å². The molecule has 19 heteroatoms. The van der Waals surface area contributed by atoms with Crippen LogP contribution >= 0.6 is 15.6 Å². The fourth-order valence-corrected chi connectivity index (χ4v) is 11.9. The lowest BCUT2D eigenvalue weighted by Gasteiger charge is -2.21. The van der Waals surface area contributed by atoms with Crippen LogP contribution in [0.5, 0.6) is 0 Å². The van der Waals surface area contributed by atoms with Gasteiger partial charge in [0.15, 0.2) is 12.2 Å². The average molecular weight is 1300 g/mol. The molecule has 0 fully saturated rings. The predicted molar refractivity (Wildman–Crippen MR) is 354 cm³/mol. The van der Waals surface area contributed by atoms with Crippen molar-refractivity contribution in [2.45, 2.75) is 368 Å². The summed E-state index contributed by atoms with van der Waals surface area (Å²) in [5.74, 6) is -0.544. The number of aliphatic hydroxyl groups excluding tert-OH is 1. The van der Waals surface area contributed by atoms with Gasteiger partial charge >= 0.3 is 39.5 Å². The molecule has 17 nitrogen and oxygen atoms in total. The molecule has 4 unspecified atom stereocenters. The molecule has 0 bridgehead atoms. The van der Waals surface area contributed by atoms with Gasteiger partial charge in [0.2, 0.25) is 0 Å². The number of unbranched alkanes of at least 4 members (excludes halogenated alkanes) is 36. The number of hydrogen-bond acceptors (Lipinski definition) is 15. The van der Waals surface area contributed by atoms with Gasteiger partial charge in [0.05, 0.1) is 26.4 Å². The van der Waals surface area contributed by atoms with Gasteiger partial charge in [0.25, 0.3) is 0 Å². The second kappa shape index (κ2) is 61.3. The standard InChI is InChI=1S/C69H134O17P2/c1-7-11-13-15-17-19-21-22-27-35-41-47-53-68(73)85-64(57-79-66(71)51-45-39-33-26-20-18-16-14-12-8-2)59-83-87(75,76)81-55-63(70)56-82-88(77,78)84-60-65(58-80-67(72)52-46-40-34-30-29-32-38-44-50-62(6)10-4)86-69(74)54-48-42-36-28-24-23-25-31-37-43-49-61(5)9-3/h61-65,70H,7-60H2,1-6H3,(H,75,76)(H,77,78)/t61?,62?,63-,64+,65+/m0/s1. The van der Waals surface area contributed by atoms with Crippen molar-refractivity contribution in [3.8, 4) is 0 Å². The average Bonchev–Trinajstić information content (AvgIpc) is 3.69. The summed E-state index contributed by atoms with van der Waals surface area (Å²) in [5.41, 5.74) is 0. The molecule has 88 heavy (non-hydrogen) atoms. The SMILES string of the molecule is CCCCCCCCCCCCCCC(=O)O[C@H](COC(=O)CCCCCCCCCCCC)COP(=O)(O)OC[C@H](O)COP(=O)(O)OC[C@@H](COC(=O)CCCCCCCCCCC(C)CC)OC(=O)CCCCCCCCCCCCC(C)CC. The molecule has 0 heterocycles. The van der Waals surface area contributed by atoms with Crippen molar-refractivity contribution in [3.63, 3.8) is 0 Å². The molecule has 7 atom stereocenters. The van der Waals surface area contributed by atoms with Crippen LogP contribution in [0.25, 0.3) is 0 Å². The molecule has 0 aliphatic carbocycles. The van der Waals surface area contributed by atoms with Gasteiger partial charge in [0.1, 0.15) is 19.3 Å². The van der Waals surface area contributed by atoms with Crippen LogP contribution < -0.4 is 0 Å². The topological polar surface area (TPSA) is 237 Å². The number of esters is 4. The van der Waals surface area contributed by atoms with E-state index >= 15 is 0 Å². The molecule has 0 aliphatic heterocycles. The highest BCUT2D eigenvalue weighted by atomic mass is 31.2. The number of phosphoric acid groups is 2. The summed E-state index contributed by atoms with van der Waals surface area (Å²) in [6.07, 6.45) is 45.5. The van der Waals surface area contributed by atoms with Crippen LogP contribution in [0.3, 0.4) is 0 Å². The third kappa shape index (κ3) is 60.3. The highest BCUT2D eigenvalue weighted by Crippen LogP contribution is 2.45. The Morgan fingerprint density at radius 1 is 0.318 bits per heavy atom. The molecule has 0 saturated carbocycles. The van der Waals surface area contributed by atoms with E-state index in [4.69, 9.17) is 37.0 Å². The molecule has 0 aromatic rings. The molecule has 0 rings (SSSR count). The zero-order valence-corrected chi connectivity index (χ0v) is 58.8. The Morgan fingerprint density at radius 2 is 0.545 bits per heavy atom. The van der Waals surface area contributed by atoms with E-state index in [0.29, 0.717) is 25.7 Å². The lowest BCUT2D eigenvalue weighted by atomic mass is 9.99. The van der Waals surface area contributed by atoms with Gasteiger partial charge in [-0.2, -0.15) is 0 Å². The molecule has 3 N–H and O–H groups in total. The number of ether oxygens (including phenoxy) is 4. The van der Waals surface area contributed by atoms with Crippen molar-refractivity contribution in [1.82, 2.24) is 0 Å². The van der Waals surface area contributed by atoms with Crippen molar-refractivity contribution in [2.75, 3.05) is 39.6 Å². The summed E-state index contributed by atoms with van der Waals surface area (Å²) < 4.78 is 68.2. The number of phosphoric ester groups is 2. The molecule has 0 amide bonds. The molecular formula is C69H134O17P2. The maximum Gasteiger partial charge on any atom is 0.472 e. The van der Waals surface area contributed by atoms with Gasteiger partial charge < -0.3 is 33.8 Å². The molecule has 0 aromatic heterocycles. The van der Waals surface area contributed by atoms with Crippen molar-refractivity contribution in [1.29, 1.82) is 0 Å². The Balaban J connectivity index is 5.26. The van der Waals surface area contributed by atoms with Crippen molar-refractivity contribution < 1.29 is 80.2 Å². The van der Waals surface area contributed by atoms with Crippen LogP contribution in [0, 0.1) is 11.8 Å². The smallest absolute Gasteiger partial charge is 0.462 e. The van der Waals surface area contributed by atoms with Gasteiger partial charge in [-0.3, -0.25) is 37.3 Å². The van der Waals surface area contributed by atoms with Gasteiger partial charge in [0, 0.05) is 25.7 Å². The normalized spacial score (nSPS) is 14.8. The number of rotatable bonds is 68. The quantitative estimate of drug-likeness (QED) is 0.0222. The summed E-state index contributed by atoms with van der Waals surface area (Å²) in [7, 11) is -9.90. The molecule has 0 radical (unpaired) electrons. The number of carbonyl (C=O) groups excluding carboxylic acids is 4. The first-order valence-electron chi connectivity index (χ1n) is 36.1. The third-order valence-corrected chi connectivity index (χ3v) is 18.6. The first-order valence-corrected chi connectivity index (χ1v) is 39.1. The lowest BCUT2D eigenvalue weighted by Crippen LogP contribution is -2.30. The van der Waals surface area contributed by atoms with E-state index in [1.54, 1.807) is 0 Å². The van der Waals surface area contributed by atoms with Gasteiger partial charge in [-0.1, -0.05) is 298 Å². The maximum absolute atomic E-state index is 13.0. The summed E-state index contributed by atoms with van der Waals surface area (Å²) in [5, 5.41) is 10.6. The fraction of sp³-hybridized carbons (Fsp3) is 0.942. The van der Waals surface area contributed by atoms with E-state index in [-0.39, 0.29) is 25.7 Å². The second-order valence-electron chi connectivity index (χ2n) is 25.4. The first-order chi connectivity index (χ1) is 42.4. The molecule has 0 aromatic carbocycles. The van der Waals surface area contributed by atoms with E-state index in [9.17, 15) is 43.2 Å². The van der Waals surface area contributed by atoms with Crippen LogP contribution in [0.2, 0.25) is 0 Å². The minimum atomic E-state index is -4.95. The fourth-order valence-electron chi connectivity index (χ4n) is 10.4. The van der Waals surface area contributed by atoms with Crippen LogP contribution in [0.15, 0.2) is 0 Å². The molecule has 0 aliphatic rings. The monoisotopic (exact) mass is 1300 g/mol. The summed E-state index contributed by atoms with van der Waals surface area (Å²) in [4.78, 5) is 72.5. The Bertz CT molecular complexity index is 1720. The van der Waals surface area contributed by atoms with Gasteiger partial charge in [-0.15, -0.1) is 0 Å².